The Balaban J connectivity index is 0.00000225. The van der Waals surface area contributed by atoms with Crippen LogP contribution in [-0.2, 0) is 4.79 Å². The number of amides is 3. The number of halogens is 1. The summed E-state index contributed by atoms with van der Waals surface area (Å²) in [7, 11) is 0. The van der Waals surface area contributed by atoms with Gasteiger partial charge < -0.3 is 20.4 Å². The van der Waals surface area contributed by atoms with E-state index in [9.17, 15) is 9.59 Å². The molecule has 28 heavy (non-hydrogen) atoms. The summed E-state index contributed by atoms with van der Waals surface area (Å²) in [6.07, 6.45) is 3.75. The van der Waals surface area contributed by atoms with Crippen LogP contribution in [0.3, 0.4) is 0 Å². The monoisotopic (exact) mass is 406 g/mol. The van der Waals surface area contributed by atoms with Crippen LogP contribution in [0.2, 0.25) is 0 Å². The lowest BCUT2D eigenvalue weighted by molar-refractivity contribution is -0.135. The van der Waals surface area contributed by atoms with Crippen molar-refractivity contribution in [2.24, 2.45) is 11.7 Å². The van der Waals surface area contributed by atoms with Gasteiger partial charge in [0.25, 0.3) is 0 Å². The molecule has 3 aliphatic rings. The number of rotatable bonds is 2. The number of benzene rings is 1. The molecule has 0 bridgehead atoms. The number of urea groups is 1. The van der Waals surface area contributed by atoms with E-state index in [-0.39, 0.29) is 42.2 Å². The van der Waals surface area contributed by atoms with E-state index in [1.807, 2.05) is 32.9 Å². The standard InChI is InChI=1S/C21H30N4O2.ClH/c22-19-15-25(14-18(19)16-6-2-1-3-7-16)20(26)17-8-12-24(13-9-17)21(27)23-10-4-5-11-23;/h1-3,6-7,17-19H,4-5,8-15,22H2;1H/t18-,19+;/m0./s1. The fourth-order valence-corrected chi connectivity index (χ4v) is 4.75. The summed E-state index contributed by atoms with van der Waals surface area (Å²) < 4.78 is 0. The minimum absolute atomic E-state index is 0. The molecule has 4 rings (SSSR count). The summed E-state index contributed by atoms with van der Waals surface area (Å²) in [6, 6.07) is 10.4. The molecule has 154 valence electrons. The normalized spacial score (nSPS) is 25.7. The van der Waals surface area contributed by atoms with Crippen LogP contribution in [0.5, 0.6) is 0 Å². The van der Waals surface area contributed by atoms with Gasteiger partial charge in [-0.1, -0.05) is 30.3 Å². The zero-order chi connectivity index (χ0) is 18.8. The number of nitrogens with two attached hydrogens (primary N) is 1. The number of carbonyl (C=O) groups is 2. The SMILES string of the molecule is Cl.N[C@@H]1CN(C(=O)C2CCN(C(=O)N3CCCC3)CC2)C[C@H]1c1ccccc1. The highest BCUT2D eigenvalue weighted by Crippen LogP contribution is 2.29. The quantitative estimate of drug-likeness (QED) is 0.819. The van der Waals surface area contributed by atoms with Gasteiger partial charge in [0.15, 0.2) is 0 Å². The van der Waals surface area contributed by atoms with E-state index in [4.69, 9.17) is 5.73 Å². The fourth-order valence-electron chi connectivity index (χ4n) is 4.75. The van der Waals surface area contributed by atoms with Gasteiger partial charge >= 0.3 is 6.03 Å². The Bertz CT molecular complexity index is 672. The topological polar surface area (TPSA) is 69.9 Å². The first-order chi connectivity index (χ1) is 13.1. The average Bonchev–Trinajstić information content (AvgIpc) is 3.38. The van der Waals surface area contributed by atoms with E-state index in [0.717, 1.165) is 38.8 Å². The van der Waals surface area contributed by atoms with Crippen molar-refractivity contribution < 1.29 is 9.59 Å². The molecular formula is C21H31ClN4O2. The number of carbonyl (C=O) groups excluding carboxylic acids is 2. The predicted molar refractivity (Wildman–Crippen MR) is 111 cm³/mol. The second kappa shape index (κ2) is 9.14. The van der Waals surface area contributed by atoms with Crippen molar-refractivity contribution >= 4 is 24.3 Å². The van der Waals surface area contributed by atoms with Crippen LogP contribution in [0, 0.1) is 5.92 Å². The lowest BCUT2D eigenvalue weighted by Crippen LogP contribution is -2.48. The molecule has 0 aromatic heterocycles. The Kier molecular flexibility index (Phi) is 6.83. The molecule has 6 nitrogen and oxygen atoms in total. The van der Waals surface area contributed by atoms with Gasteiger partial charge in [0.1, 0.15) is 0 Å². The molecule has 0 aliphatic carbocycles. The predicted octanol–water partition coefficient (Wildman–Crippen LogP) is 2.29. The molecule has 7 heteroatoms. The van der Waals surface area contributed by atoms with Gasteiger partial charge in [-0.15, -0.1) is 12.4 Å². The molecule has 3 amide bonds. The third-order valence-corrected chi connectivity index (χ3v) is 6.40. The third-order valence-electron chi connectivity index (χ3n) is 6.40. The van der Waals surface area contributed by atoms with Gasteiger partial charge in [-0.3, -0.25) is 4.79 Å². The highest BCUT2D eigenvalue weighted by Gasteiger charge is 2.38. The molecule has 0 radical (unpaired) electrons. The van der Waals surface area contributed by atoms with Crippen molar-refractivity contribution in [2.75, 3.05) is 39.3 Å². The van der Waals surface area contributed by atoms with E-state index in [1.165, 1.54) is 5.56 Å². The molecule has 0 spiro atoms. The van der Waals surface area contributed by atoms with E-state index in [1.54, 1.807) is 0 Å². The Morgan fingerprint density at radius 1 is 0.857 bits per heavy atom. The van der Waals surface area contributed by atoms with Gasteiger partial charge in [0.05, 0.1) is 0 Å². The van der Waals surface area contributed by atoms with Gasteiger partial charge in [-0.25, -0.2) is 4.79 Å². The Hall–Kier alpha value is -1.79. The molecule has 0 unspecified atom stereocenters. The van der Waals surface area contributed by atoms with Crippen molar-refractivity contribution in [1.29, 1.82) is 0 Å². The summed E-state index contributed by atoms with van der Waals surface area (Å²) in [4.78, 5) is 31.4. The van der Waals surface area contributed by atoms with Gasteiger partial charge in [0, 0.05) is 57.1 Å². The van der Waals surface area contributed by atoms with Crippen LogP contribution in [0.1, 0.15) is 37.2 Å². The first-order valence-electron chi connectivity index (χ1n) is 10.3. The summed E-state index contributed by atoms with van der Waals surface area (Å²) in [5, 5.41) is 0. The van der Waals surface area contributed by atoms with E-state index in [0.29, 0.717) is 26.2 Å². The smallest absolute Gasteiger partial charge is 0.319 e. The van der Waals surface area contributed by atoms with Crippen LogP contribution in [0.15, 0.2) is 30.3 Å². The van der Waals surface area contributed by atoms with Crippen LogP contribution < -0.4 is 5.73 Å². The minimum atomic E-state index is -0.00631. The molecule has 2 N–H and O–H groups in total. The van der Waals surface area contributed by atoms with Crippen LogP contribution in [-0.4, -0.2) is 71.9 Å². The molecule has 3 fully saturated rings. The van der Waals surface area contributed by atoms with E-state index in [2.05, 4.69) is 12.1 Å². The van der Waals surface area contributed by atoms with Crippen molar-refractivity contribution in [2.45, 2.75) is 37.6 Å². The second-order valence-electron chi connectivity index (χ2n) is 8.16. The molecule has 0 saturated carbocycles. The summed E-state index contributed by atoms with van der Waals surface area (Å²) in [5.41, 5.74) is 7.56. The lowest BCUT2D eigenvalue weighted by atomic mass is 9.94. The molecular weight excluding hydrogens is 376 g/mol. The Morgan fingerprint density at radius 3 is 2.11 bits per heavy atom. The maximum Gasteiger partial charge on any atom is 0.319 e. The van der Waals surface area contributed by atoms with Gasteiger partial charge in [-0.05, 0) is 31.2 Å². The zero-order valence-corrected chi connectivity index (χ0v) is 17.2. The van der Waals surface area contributed by atoms with Gasteiger partial charge in [0.2, 0.25) is 5.91 Å². The number of hydrogen-bond acceptors (Lipinski definition) is 3. The highest BCUT2D eigenvalue weighted by atomic mass is 35.5. The lowest BCUT2D eigenvalue weighted by Gasteiger charge is -2.35. The first-order valence-corrected chi connectivity index (χ1v) is 10.3. The number of likely N-dealkylation sites (tertiary alicyclic amines) is 3. The summed E-state index contributed by atoms with van der Waals surface area (Å²) >= 11 is 0. The van der Waals surface area contributed by atoms with Crippen molar-refractivity contribution in [1.82, 2.24) is 14.7 Å². The number of nitrogens with zero attached hydrogens (tertiary/aromatic N) is 3. The maximum atomic E-state index is 13.0. The molecule has 1 aromatic carbocycles. The average molecular weight is 407 g/mol. The van der Waals surface area contributed by atoms with Crippen LogP contribution in [0.4, 0.5) is 4.79 Å². The van der Waals surface area contributed by atoms with E-state index >= 15 is 0 Å². The molecule has 3 heterocycles. The maximum absolute atomic E-state index is 13.0. The third kappa shape index (κ3) is 4.28. The second-order valence-corrected chi connectivity index (χ2v) is 8.16. The van der Waals surface area contributed by atoms with Crippen LogP contribution in [0.25, 0.3) is 0 Å². The molecule has 3 aliphatic heterocycles. The minimum Gasteiger partial charge on any atom is -0.340 e. The van der Waals surface area contributed by atoms with Gasteiger partial charge in [-0.2, -0.15) is 0 Å². The Labute approximate surface area is 173 Å². The number of piperidine rings is 1. The molecule has 3 saturated heterocycles. The highest BCUT2D eigenvalue weighted by molar-refractivity contribution is 5.85. The van der Waals surface area contributed by atoms with E-state index < -0.39 is 0 Å². The summed E-state index contributed by atoms with van der Waals surface area (Å²) in [6.45, 7) is 4.47. The molecule has 2 atom stereocenters. The Morgan fingerprint density at radius 2 is 1.46 bits per heavy atom. The fraction of sp³-hybridized carbons (Fsp3) is 0.619. The first kappa shape index (κ1) is 20.9. The molecule has 1 aromatic rings. The van der Waals surface area contributed by atoms with Crippen molar-refractivity contribution in [3.63, 3.8) is 0 Å². The number of hydrogen-bond donors (Lipinski definition) is 1. The van der Waals surface area contributed by atoms with Crippen LogP contribution >= 0.6 is 12.4 Å². The summed E-state index contributed by atoms with van der Waals surface area (Å²) in [5.74, 6) is 0.457. The zero-order valence-electron chi connectivity index (χ0n) is 16.3. The van der Waals surface area contributed by atoms with Crippen molar-refractivity contribution in [3.05, 3.63) is 35.9 Å². The largest absolute Gasteiger partial charge is 0.340 e. The van der Waals surface area contributed by atoms with Crippen molar-refractivity contribution in [3.8, 4) is 0 Å².